The number of carboxylic acids is 1. The lowest BCUT2D eigenvalue weighted by Gasteiger charge is -2.11. The number of hydrogen-bond donors (Lipinski definition) is 1. The molecule has 18 heavy (non-hydrogen) atoms. The van der Waals surface area contributed by atoms with Crippen LogP contribution in [0.3, 0.4) is 0 Å². The lowest BCUT2D eigenvalue weighted by Crippen LogP contribution is -2.02. The van der Waals surface area contributed by atoms with Crippen molar-refractivity contribution in [2.45, 2.75) is 13.8 Å². The first-order valence-corrected chi connectivity index (χ1v) is 5.98. The van der Waals surface area contributed by atoms with Crippen LogP contribution in [0.4, 0.5) is 0 Å². The summed E-state index contributed by atoms with van der Waals surface area (Å²) < 4.78 is 0. The SMILES string of the molecule is Cc1ccc(-c2cccc(C)c2C(=O)O)c(Cl)c1. The van der Waals surface area contributed by atoms with E-state index in [1.54, 1.807) is 19.1 Å². The highest BCUT2D eigenvalue weighted by Gasteiger charge is 2.15. The lowest BCUT2D eigenvalue weighted by molar-refractivity contribution is 0.0697. The van der Waals surface area contributed by atoms with Crippen LogP contribution in [0.15, 0.2) is 36.4 Å². The maximum atomic E-state index is 11.4. The third kappa shape index (κ3) is 2.24. The third-order valence-electron chi connectivity index (χ3n) is 2.90. The van der Waals surface area contributed by atoms with Crippen LogP contribution in [-0.4, -0.2) is 11.1 Å². The maximum absolute atomic E-state index is 11.4. The second-order valence-electron chi connectivity index (χ2n) is 4.29. The Hall–Kier alpha value is -1.80. The normalized spacial score (nSPS) is 10.4. The number of carboxylic acid groups (broad SMARTS) is 1. The molecule has 3 heteroatoms. The molecule has 0 radical (unpaired) electrons. The molecule has 0 heterocycles. The van der Waals surface area contributed by atoms with Crippen LogP contribution in [0.1, 0.15) is 21.5 Å². The predicted octanol–water partition coefficient (Wildman–Crippen LogP) is 4.32. The van der Waals surface area contributed by atoms with Crippen molar-refractivity contribution in [3.63, 3.8) is 0 Å². The van der Waals surface area contributed by atoms with Gasteiger partial charge >= 0.3 is 5.97 Å². The van der Waals surface area contributed by atoms with Crippen LogP contribution >= 0.6 is 11.6 Å². The van der Waals surface area contributed by atoms with Crippen molar-refractivity contribution in [2.75, 3.05) is 0 Å². The number of halogens is 1. The van der Waals surface area contributed by atoms with Gasteiger partial charge in [0.15, 0.2) is 0 Å². The van der Waals surface area contributed by atoms with E-state index in [0.29, 0.717) is 16.1 Å². The van der Waals surface area contributed by atoms with Crippen LogP contribution in [0.25, 0.3) is 11.1 Å². The summed E-state index contributed by atoms with van der Waals surface area (Å²) in [5, 5.41) is 9.88. The molecule has 1 N–H and O–H groups in total. The minimum Gasteiger partial charge on any atom is -0.478 e. The summed E-state index contributed by atoms with van der Waals surface area (Å²) in [4.78, 5) is 11.4. The zero-order valence-electron chi connectivity index (χ0n) is 10.2. The molecule has 2 aromatic carbocycles. The summed E-state index contributed by atoms with van der Waals surface area (Å²) in [6.07, 6.45) is 0. The number of aryl methyl sites for hydroxylation is 2. The second-order valence-corrected chi connectivity index (χ2v) is 4.69. The average Bonchev–Trinajstić information content (AvgIpc) is 2.28. The molecule has 2 rings (SSSR count). The Kier molecular flexibility index (Phi) is 3.39. The smallest absolute Gasteiger partial charge is 0.336 e. The summed E-state index contributed by atoms with van der Waals surface area (Å²) >= 11 is 6.20. The van der Waals surface area contributed by atoms with E-state index in [0.717, 1.165) is 16.7 Å². The molecule has 2 aromatic rings. The second kappa shape index (κ2) is 4.83. The van der Waals surface area contributed by atoms with Gasteiger partial charge in [0.05, 0.1) is 5.56 Å². The highest BCUT2D eigenvalue weighted by Crippen LogP contribution is 2.32. The minimum atomic E-state index is -0.931. The topological polar surface area (TPSA) is 37.3 Å². The van der Waals surface area contributed by atoms with Crippen LogP contribution in [0, 0.1) is 13.8 Å². The van der Waals surface area contributed by atoms with Gasteiger partial charge in [-0.25, -0.2) is 4.79 Å². The van der Waals surface area contributed by atoms with Crippen molar-refractivity contribution in [1.29, 1.82) is 0 Å². The van der Waals surface area contributed by atoms with E-state index in [1.807, 2.05) is 31.2 Å². The van der Waals surface area contributed by atoms with Crippen molar-refractivity contribution in [1.82, 2.24) is 0 Å². The fraction of sp³-hybridized carbons (Fsp3) is 0.133. The first-order valence-electron chi connectivity index (χ1n) is 5.60. The number of carbonyl (C=O) groups is 1. The molecule has 0 bridgehead atoms. The van der Waals surface area contributed by atoms with E-state index in [4.69, 9.17) is 11.6 Å². The summed E-state index contributed by atoms with van der Waals surface area (Å²) in [6, 6.07) is 11.0. The van der Waals surface area contributed by atoms with E-state index in [9.17, 15) is 9.90 Å². The Morgan fingerprint density at radius 1 is 1.11 bits per heavy atom. The molecule has 0 saturated heterocycles. The number of rotatable bonds is 2. The van der Waals surface area contributed by atoms with Crippen molar-refractivity contribution >= 4 is 17.6 Å². The number of benzene rings is 2. The molecule has 0 aliphatic carbocycles. The summed E-state index contributed by atoms with van der Waals surface area (Å²) in [5.74, 6) is -0.931. The van der Waals surface area contributed by atoms with Crippen molar-refractivity contribution < 1.29 is 9.90 Å². The zero-order chi connectivity index (χ0) is 13.3. The Balaban J connectivity index is 2.71. The molecule has 2 nitrogen and oxygen atoms in total. The standard InChI is InChI=1S/C15H13ClO2/c1-9-6-7-11(13(16)8-9)12-5-3-4-10(2)14(12)15(17)18/h3-8H,1-2H3,(H,17,18). The van der Waals surface area contributed by atoms with Crippen LogP contribution in [0.2, 0.25) is 5.02 Å². The lowest BCUT2D eigenvalue weighted by atomic mass is 9.95. The zero-order valence-corrected chi connectivity index (χ0v) is 11.0. The quantitative estimate of drug-likeness (QED) is 0.873. The third-order valence-corrected chi connectivity index (χ3v) is 3.21. The molecule has 0 amide bonds. The Morgan fingerprint density at radius 3 is 2.44 bits per heavy atom. The van der Waals surface area contributed by atoms with E-state index in [2.05, 4.69) is 0 Å². The van der Waals surface area contributed by atoms with Crippen LogP contribution < -0.4 is 0 Å². The maximum Gasteiger partial charge on any atom is 0.336 e. The molecule has 92 valence electrons. The van der Waals surface area contributed by atoms with Crippen molar-refractivity contribution in [3.05, 3.63) is 58.1 Å². The minimum absolute atomic E-state index is 0.309. The van der Waals surface area contributed by atoms with Gasteiger partial charge in [0, 0.05) is 10.6 Å². The van der Waals surface area contributed by atoms with E-state index in [-0.39, 0.29) is 0 Å². The molecule has 0 fully saturated rings. The Bertz CT molecular complexity index is 618. The first kappa shape index (κ1) is 12.7. The Labute approximate surface area is 111 Å². The van der Waals surface area contributed by atoms with Crippen LogP contribution in [-0.2, 0) is 0 Å². The van der Waals surface area contributed by atoms with Gasteiger partial charge in [0.2, 0.25) is 0 Å². The highest BCUT2D eigenvalue weighted by molar-refractivity contribution is 6.33. The van der Waals surface area contributed by atoms with E-state index in [1.165, 1.54) is 0 Å². The molecule has 0 aliphatic rings. The monoisotopic (exact) mass is 260 g/mol. The van der Waals surface area contributed by atoms with Gasteiger partial charge in [-0.15, -0.1) is 0 Å². The first-order chi connectivity index (χ1) is 8.50. The molecule has 0 aromatic heterocycles. The predicted molar refractivity (Wildman–Crippen MR) is 73.3 cm³/mol. The van der Waals surface area contributed by atoms with Gasteiger partial charge in [-0.2, -0.15) is 0 Å². The highest BCUT2D eigenvalue weighted by atomic mass is 35.5. The molecule has 0 saturated carbocycles. The van der Waals surface area contributed by atoms with E-state index < -0.39 is 5.97 Å². The summed E-state index contributed by atoms with van der Waals surface area (Å²) in [5.41, 5.74) is 3.50. The van der Waals surface area contributed by atoms with Gasteiger partial charge in [-0.05, 0) is 36.6 Å². The average molecular weight is 261 g/mol. The van der Waals surface area contributed by atoms with Crippen molar-refractivity contribution in [3.8, 4) is 11.1 Å². The fourth-order valence-electron chi connectivity index (χ4n) is 2.01. The fourth-order valence-corrected chi connectivity index (χ4v) is 2.35. The van der Waals surface area contributed by atoms with Gasteiger partial charge < -0.3 is 5.11 Å². The van der Waals surface area contributed by atoms with Gasteiger partial charge in [0.1, 0.15) is 0 Å². The molecule has 0 atom stereocenters. The number of aromatic carboxylic acids is 1. The van der Waals surface area contributed by atoms with Gasteiger partial charge in [-0.3, -0.25) is 0 Å². The van der Waals surface area contributed by atoms with Gasteiger partial charge in [-0.1, -0.05) is 41.9 Å². The summed E-state index contributed by atoms with van der Waals surface area (Å²) in [6.45, 7) is 3.74. The molecular weight excluding hydrogens is 248 g/mol. The molecule has 0 aliphatic heterocycles. The molecular formula is C15H13ClO2. The summed E-state index contributed by atoms with van der Waals surface area (Å²) in [7, 11) is 0. The van der Waals surface area contributed by atoms with Crippen molar-refractivity contribution in [2.24, 2.45) is 0 Å². The van der Waals surface area contributed by atoms with Crippen LogP contribution in [0.5, 0.6) is 0 Å². The molecule has 0 spiro atoms. The number of hydrogen-bond acceptors (Lipinski definition) is 1. The van der Waals surface area contributed by atoms with Gasteiger partial charge in [0.25, 0.3) is 0 Å². The molecule has 0 unspecified atom stereocenters. The van der Waals surface area contributed by atoms with E-state index >= 15 is 0 Å². The largest absolute Gasteiger partial charge is 0.478 e. The Morgan fingerprint density at radius 2 is 1.83 bits per heavy atom.